The SMILES string of the molecule is O=C(NCCCn1cnc2ccccc21)c1ccc2c(c1)NC(=O)[C@@H]1CCCN21. The zero-order valence-corrected chi connectivity index (χ0v) is 16.1. The van der Waals surface area contributed by atoms with Gasteiger partial charge in [-0.05, 0) is 49.6 Å². The smallest absolute Gasteiger partial charge is 0.251 e. The standard InChI is InChI=1S/C22H23N5O2/c28-21(23-10-4-11-26-14-24-16-5-1-2-6-18(16)26)15-8-9-19-17(13-15)25-22(29)20-7-3-12-27(19)20/h1-2,5-6,8-9,13-14,20H,3-4,7,10-12H2,(H,23,28)(H,25,29)/t20-/m0/s1. The van der Waals surface area contributed by atoms with E-state index in [-0.39, 0.29) is 17.9 Å². The highest BCUT2D eigenvalue weighted by Gasteiger charge is 2.36. The number of hydrogen-bond acceptors (Lipinski definition) is 4. The normalized spacial score (nSPS) is 17.7. The molecule has 0 spiro atoms. The number of carbonyl (C=O) groups excluding carboxylic acids is 2. The van der Waals surface area contributed by atoms with Gasteiger partial charge in [0.1, 0.15) is 6.04 Å². The van der Waals surface area contributed by atoms with E-state index >= 15 is 0 Å². The third-order valence-corrected chi connectivity index (χ3v) is 5.77. The van der Waals surface area contributed by atoms with Crippen LogP contribution in [-0.2, 0) is 11.3 Å². The molecule has 2 aromatic carbocycles. The molecule has 3 aromatic rings. The van der Waals surface area contributed by atoms with Gasteiger partial charge in [-0.3, -0.25) is 9.59 Å². The van der Waals surface area contributed by atoms with Gasteiger partial charge < -0.3 is 20.1 Å². The van der Waals surface area contributed by atoms with Gasteiger partial charge in [-0.15, -0.1) is 0 Å². The molecule has 29 heavy (non-hydrogen) atoms. The molecule has 3 heterocycles. The molecule has 2 amide bonds. The molecular formula is C22H23N5O2. The van der Waals surface area contributed by atoms with Crippen molar-refractivity contribution in [2.24, 2.45) is 0 Å². The predicted octanol–water partition coefficient (Wildman–Crippen LogP) is 2.78. The third-order valence-electron chi connectivity index (χ3n) is 5.77. The van der Waals surface area contributed by atoms with E-state index in [4.69, 9.17) is 0 Å². The van der Waals surface area contributed by atoms with E-state index in [1.807, 2.05) is 42.7 Å². The van der Waals surface area contributed by atoms with E-state index in [0.29, 0.717) is 12.1 Å². The van der Waals surface area contributed by atoms with Gasteiger partial charge in [0.2, 0.25) is 5.91 Å². The quantitative estimate of drug-likeness (QED) is 0.658. The van der Waals surface area contributed by atoms with Crippen molar-refractivity contribution in [1.29, 1.82) is 0 Å². The van der Waals surface area contributed by atoms with Crippen molar-refractivity contribution in [2.75, 3.05) is 23.3 Å². The number of para-hydroxylation sites is 2. The number of imidazole rings is 1. The average Bonchev–Trinajstić information content (AvgIpc) is 3.39. The first-order valence-corrected chi connectivity index (χ1v) is 10.1. The lowest BCUT2D eigenvalue weighted by Crippen LogP contribution is -2.44. The monoisotopic (exact) mass is 389 g/mol. The van der Waals surface area contributed by atoms with E-state index in [2.05, 4.69) is 25.1 Å². The molecule has 1 fully saturated rings. The van der Waals surface area contributed by atoms with Gasteiger partial charge in [0.05, 0.1) is 28.7 Å². The second-order valence-electron chi connectivity index (χ2n) is 7.61. The zero-order valence-electron chi connectivity index (χ0n) is 16.1. The number of benzene rings is 2. The Labute approximate surface area is 168 Å². The van der Waals surface area contributed by atoms with Crippen LogP contribution in [0.5, 0.6) is 0 Å². The minimum absolute atomic E-state index is 0.0279. The fourth-order valence-electron chi connectivity index (χ4n) is 4.31. The van der Waals surface area contributed by atoms with Crippen LogP contribution in [0.1, 0.15) is 29.6 Å². The van der Waals surface area contributed by atoms with Gasteiger partial charge in [-0.25, -0.2) is 4.98 Å². The van der Waals surface area contributed by atoms with Crippen LogP contribution in [0.15, 0.2) is 48.8 Å². The summed E-state index contributed by atoms with van der Waals surface area (Å²) in [6, 6.07) is 13.5. The Hall–Kier alpha value is -3.35. The lowest BCUT2D eigenvalue weighted by Gasteiger charge is -2.33. The van der Waals surface area contributed by atoms with Gasteiger partial charge in [-0.1, -0.05) is 12.1 Å². The van der Waals surface area contributed by atoms with Gasteiger partial charge in [0.15, 0.2) is 0 Å². The summed E-state index contributed by atoms with van der Waals surface area (Å²) in [5.41, 5.74) is 4.38. The molecule has 0 saturated carbocycles. The number of hydrogen-bond donors (Lipinski definition) is 2. The number of rotatable bonds is 5. The molecule has 0 bridgehead atoms. The van der Waals surface area contributed by atoms with Crippen molar-refractivity contribution in [3.05, 3.63) is 54.4 Å². The fraction of sp³-hybridized carbons (Fsp3) is 0.318. The Morgan fingerprint density at radius 3 is 3.07 bits per heavy atom. The maximum absolute atomic E-state index is 12.6. The summed E-state index contributed by atoms with van der Waals surface area (Å²) < 4.78 is 2.10. The van der Waals surface area contributed by atoms with Crippen LogP contribution in [-0.4, -0.2) is 40.5 Å². The second kappa shape index (κ2) is 7.24. The number of amides is 2. The van der Waals surface area contributed by atoms with E-state index in [1.165, 1.54) is 0 Å². The summed E-state index contributed by atoms with van der Waals surface area (Å²) in [4.78, 5) is 31.4. The summed E-state index contributed by atoms with van der Waals surface area (Å²) in [5.74, 6) is -0.0961. The molecule has 7 heteroatoms. The maximum Gasteiger partial charge on any atom is 0.251 e. The molecule has 1 saturated heterocycles. The first-order chi connectivity index (χ1) is 14.2. The van der Waals surface area contributed by atoms with Crippen LogP contribution in [0.25, 0.3) is 11.0 Å². The molecule has 2 aliphatic heterocycles. The van der Waals surface area contributed by atoms with E-state index in [1.54, 1.807) is 6.07 Å². The molecule has 7 nitrogen and oxygen atoms in total. The Morgan fingerprint density at radius 2 is 2.14 bits per heavy atom. The first-order valence-electron chi connectivity index (χ1n) is 10.1. The van der Waals surface area contributed by atoms with Crippen molar-refractivity contribution in [3.8, 4) is 0 Å². The van der Waals surface area contributed by atoms with E-state index in [0.717, 1.165) is 54.8 Å². The Kier molecular flexibility index (Phi) is 4.42. The van der Waals surface area contributed by atoms with Crippen LogP contribution >= 0.6 is 0 Å². The lowest BCUT2D eigenvalue weighted by molar-refractivity contribution is -0.117. The Morgan fingerprint density at radius 1 is 1.24 bits per heavy atom. The topological polar surface area (TPSA) is 79.3 Å². The molecule has 2 N–H and O–H groups in total. The van der Waals surface area contributed by atoms with Crippen molar-refractivity contribution in [1.82, 2.24) is 14.9 Å². The summed E-state index contributed by atoms with van der Waals surface area (Å²) in [5, 5.41) is 5.93. The van der Waals surface area contributed by atoms with Crippen LogP contribution in [0.3, 0.4) is 0 Å². The summed E-state index contributed by atoms with van der Waals surface area (Å²) in [7, 11) is 0. The number of aryl methyl sites for hydroxylation is 1. The first kappa shape index (κ1) is 17.7. The molecular weight excluding hydrogens is 366 g/mol. The largest absolute Gasteiger partial charge is 0.358 e. The van der Waals surface area contributed by atoms with Gasteiger partial charge >= 0.3 is 0 Å². The molecule has 1 aromatic heterocycles. The number of aromatic nitrogens is 2. The molecule has 2 aliphatic rings. The van der Waals surface area contributed by atoms with Gasteiger partial charge in [0.25, 0.3) is 5.91 Å². The summed E-state index contributed by atoms with van der Waals surface area (Å²) in [6.07, 6.45) is 4.55. The van der Waals surface area contributed by atoms with Crippen molar-refractivity contribution < 1.29 is 9.59 Å². The van der Waals surface area contributed by atoms with Gasteiger partial charge in [-0.2, -0.15) is 0 Å². The van der Waals surface area contributed by atoms with Crippen molar-refractivity contribution in [2.45, 2.75) is 31.8 Å². The molecule has 1 atom stereocenters. The highest BCUT2D eigenvalue weighted by Crippen LogP contribution is 2.37. The minimum Gasteiger partial charge on any atom is -0.358 e. The molecule has 5 rings (SSSR count). The number of anilines is 2. The Balaban J connectivity index is 1.20. The third kappa shape index (κ3) is 3.22. The van der Waals surface area contributed by atoms with Crippen LogP contribution in [0, 0.1) is 0 Å². The summed E-state index contributed by atoms with van der Waals surface area (Å²) in [6.45, 7) is 2.25. The number of fused-ring (bicyclic) bond motifs is 4. The highest BCUT2D eigenvalue weighted by molar-refractivity contribution is 6.06. The van der Waals surface area contributed by atoms with Crippen LogP contribution in [0.4, 0.5) is 11.4 Å². The summed E-state index contributed by atoms with van der Waals surface area (Å²) >= 11 is 0. The van der Waals surface area contributed by atoms with Crippen molar-refractivity contribution in [3.63, 3.8) is 0 Å². The second-order valence-corrected chi connectivity index (χ2v) is 7.61. The zero-order chi connectivity index (χ0) is 19.8. The maximum atomic E-state index is 12.6. The van der Waals surface area contributed by atoms with E-state index in [9.17, 15) is 9.59 Å². The molecule has 148 valence electrons. The number of nitrogens with zero attached hydrogens (tertiary/aromatic N) is 3. The van der Waals surface area contributed by atoms with Crippen LogP contribution < -0.4 is 15.5 Å². The minimum atomic E-state index is -0.124. The number of nitrogens with one attached hydrogen (secondary N) is 2. The predicted molar refractivity (Wildman–Crippen MR) is 112 cm³/mol. The number of carbonyl (C=O) groups is 2. The molecule has 0 unspecified atom stereocenters. The molecule has 0 aliphatic carbocycles. The van der Waals surface area contributed by atoms with Gasteiger partial charge in [0, 0.05) is 25.2 Å². The van der Waals surface area contributed by atoms with E-state index < -0.39 is 0 Å². The van der Waals surface area contributed by atoms with Crippen LogP contribution in [0.2, 0.25) is 0 Å². The highest BCUT2D eigenvalue weighted by atomic mass is 16.2. The lowest BCUT2D eigenvalue weighted by atomic mass is 10.1. The van der Waals surface area contributed by atoms with Crippen molar-refractivity contribution >= 4 is 34.2 Å². The fourth-order valence-corrected chi connectivity index (χ4v) is 4.31. The Bertz CT molecular complexity index is 1090. The molecule has 0 radical (unpaired) electrons. The average molecular weight is 389 g/mol.